The zero-order chi connectivity index (χ0) is 21.4. The Labute approximate surface area is 174 Å². The summed E-state index contributed by atoms with van der Waals surface area (Å²) in [6, 6.07) is 9.36. The first-order chi connectivity index (χ1) is 14.3. The first-order valence-corrected chi connectivity index (χ1v) is 9.08. The Balaban J connectivity index is 1.48. The van der Waals surface area contributed by atoms with Crippen LogP contribution >= 0.6 is 11.6 Å². The number of carbonyl (C=O) groups is 3. The number of amides is 3. The zero-order valence-corrected chi connectivity index (χ0v) is 15.9. The maximum atomic E-state index is 12.9. The average molecular weight is 429 g/mol. The predicted octanol–water partition coefficient (Wildman–Crippen LogP) is 2.18. The molecule has 0 spiro atoms. The number of benzene rings is 2. The molecule has 0 unspecified atom stereocenters. The normalized spacial score (nSPS) is 19.9. The average Bonchev–Trinajstić information content (AvgIpc) is 3.23. The summed E-state index contributed by atoms with van der Waals surface area (Å²) in [6.07, 6.45) is 0. The molecule has 1 fully saturated rings. The van der Waals surface area contributed by atoms with Crippen molar-refractivity contribution in [3.63, 3.8) is 0 Å². The molecule has 0 aromatic heterocycles. The lowest BCUT2D eigenvalue weighted by Gasteiger charge is -2.20. The molecule has 30 heavy (non-hydrogen) atoms. The molecule has 2 atom stereocenters. The van der Waals surface area contributed by atoms with Crippen molar-refractivity contribution in [1.29, 1.82) is 0 Å². The first-order valence-electron chi connectivity index (χ1n) is 8.70. The van der Waals surface area contributed by atoms with Gasteiger partial charge in [0.1, 0.15) is 6.54 Å². The third kappa shape index (κ3) is 3.46. The van der Waals surface area contributed by atoms with Gasteiger partial charge in [0.15, 0.2) is 12.1 Å². The molecule has 1 N–H and O–H groups in total. The second-order valence-corrected chi connectivity index (χ2v) is 6.97. The number of imide groups is 1. The van der Waals surface area contributed by atoms with E-state index in [-0.39, 0.29) is 17.9 Å². The van der Waals surface area contributed by atoms with Crippen LogP contribution in [0.3, 0.4) is 0 Å². The number of nitrogens with zero attached hydrogens (tertiary/aromatic N) is 5. The van der Waals surface area contributed by atoms with E-state index in [9.17, 15) is 24.5 Å². The van der Waals surface area contributed by atoms with Gasteiger partial charge in [-0.1, -0.05) is 16.8 Å². The Kier molecular flexibility index (Phi) is 4.88. The molecule has 0 saturated carbocycles. The van der Waals surface area contributed by atoms with E-state index in [4.69, 9.17) is 11.6 Å². The van der Waals surface area contributed by atoms with E-state index < -0.39 is 34.7 Å². The Morgan fingerprint density at radius 3 is 2.40 bits per heavy atom. The van der Waals surface area contributed by atoms with Crippen LogP contribution in [0.2, 0.25) is 5.02 Å². The van der Waals surface area contributed by atoms with E-state index in [1.165, 1.54) is 24.3 Å². The second kappa shape index (κ2) is 7.52. The molecule has 3 amide bonds. The van der Waals surface area contributed by atoms with Crippen LogP contribution in [0.5, 0.6) is 0 Å². The molecular formula is C18H13ClN6O5. The second-order valence-electron chi connectivity index (χ2n) is 6.53. The molecule has 0 aliphatic carbocycles. The van der Waals surface area contributed by atoms with Crippen molar-refractivity contribution in [3.8, 4) is 0 Å². The van der Waals surface area contributed by atoms with Crippen LogP contribution in [0.4, 0.5) is 17.1 Å². The quantitative estimate of drug-likeness (QED) is 0.440. The van der Waals surface area contributed by atoms with Gasteiger partial charge in [0.05, 0.1) is 10.6 Å². The highest BCUT2D eigenvalue weighted by Gasteiger charge is 2.55. The van der Waals surface area contributed by atoms with Crippen molar-refractivity contribution in [2.24, 2.45) is 10.3 Å². The van der Waals surface area contributed by atoms with Crippen molar-refractivity contribution in [3.05, 3.63) is 63.7 Å². The Morgan fingerprint density at radius 1 is 1.10 bits per heavy atom. The number of nitro benzene ring substituents is 1. The largest absolute Gasteiger partial charge is 0.324 e. The summed E-state index contributed by atoms with van der Waals surface area (Å²) in [5, 5.41) is 22.8. The number of halogens is 1. The molecule has 11 nitrogen and oxygen atoms in total. The topological polar surface area (TPSA) is 138 Å². The van der Waals surface area contributed by atoms with E-state index in [1.807, 2.05) is 0 Å². The number of rotatable bonds is 5. The summed E-state index contributed by atoms with van der Waals surface area (Å²) in [6.45, 7) is -0.291. The molecule has 12 heteroatoms. The van der Waals surface area contributed by atoms with Gasteiger partial charge < -0.3 is 5.32 Å². The number of hydrogen-bond acceptors (Lipinski definition) is 8. The van der Waals surface area contributed by atoms with Gasteiger partial charge in [0, 0.05) is 22.8 Å². The minimum Gasteiger partial charge on any atom is -0.324 e. The number of carbonyl (C=O) groups excluding carboxylic acids is 3. The molecule has 0 radical (unpaired) electrons. The molecule has 4 rings (SSSR count). The van der Waals surface area contributed by atoms with Gasteiger partial charge in [0.25, 0.3) is 17.5 Å². The van der Waals surface area contributed by atoms with Gasteiger partial charge in [-0.3, -0.25) is 29.5 Å². The number of fused-ring (bicyclic) bond motifs is 1. The van der Waals surface area contributed by atoms with Gasteiger partial charge >= 0.3 is 0 Å². The highest BCUT2D eigenvalue weighted by molar-refractivity contribution is 6.30. The standard InChI is InChI=1S/C18H13ClN6O5/c19-10-1-3-11(4-2-10)20-14(26)9-23-16-15(21-22-23)17(27)24(18(16)28)12-5-7-13(8-6-12)25(29)30/h1-8,15-16H,9H2,(H,20,26)/t15-,16-/m1/s1. The van der Waals surface area contributed by atoms with Gasteiger partial charge in [-0.15, -0.1) is 0 Å². The van der Waals surface area contributed by atoms with Crippen LogP contribution in [-0.4, -0.2) is 46.3 Å². The molecule has 2 aliphatic heterocycles. The van der Waals surface area contributed by atoms with E-state index >= 15 is 0 Å². The lowest BCUT2D eigenvalue weighted by Crippen LogP contribution is -2.43. The fourth-order valence-corrected chi connectivity index (χ4v) is 3.34. The number of non-ortho nitro benzene ring substituents is 1. The molecule has 2 heterocycles. The third-order valence-corrected chi connectivity index (χ3v) is 4.86. The maximum absolute atomic E-state index is 12.9. The van der Waals surface area contributed by atoms with Gasteiger partial charge in [-0.25, -0.2) is 4.90 Å². The van der Waals surface area contributed by atoms with Crippen LogP contribution in [-0.2, 0) is 14.4 Å². The van der Waals surface area contributed by atoms with E-state index in [2.05, 4.69) is 15.7 Å². The maximum Gasteiger partial charge on any atom is 0.269 e. The van der Waals surface area contributed by atoms with Crippen LogP contribution in [0.25, 0.3) is 0 Å². The van der Waals surface area contributed by atoms with Crippen molar-refractivity contribution in [2.75, 3.05) is 16.8 Å². The van der Waals surface area contributed by atoms with Crippen molar-refractivity contribution < 1.29 is 19.3 Å². The molecule has 2 aliphatic rings. The fraction of sp³-hybridized carbons (Fsp3) is 0.167. The molecule has 152 valence electrons. The van der Waals surface area contributed by atoms with Crippen molar-refractivity contribution >= 4 is 46.4 Å². The van der Waals surface area contributed by atoms with Crippen LogP contribution < -0.4 is 10.2 Å². The van der Waals surface area contributed by atoms with Crippen LogP contribution in [0.1, 0.15) is 0 Å². The predicted molar refractivity (Wildman–Crippen MR) is 105 cm³/mol. The Morgan fingerprint density at radius 2 is 1.77 bits per heavy atom. The first kappa shape index (κ1) is 19.5. The lowest BCUT2D eigenvalue weighted by atomic mass is 10.1. The van der Waals surface area contributed by atoms with Gasteiger partial charge in [0.2, 0.25) is 5.91 Å². The number of anilines is 2. The minimum atomic E-state index is -1.07. The van der Waals surface area contributed by atoms with Crippen LogP contribution in [0, 0.1) is 10.1 Å². The molecular weight excluding hydrogens is 416 g/mol. The molecule has 0 bridgehead atoms. The highest BCUT2D eigenvalue weighted by Crippen LogP contribution is 2.32. The van der Waals surface area contributed by atoms with Crippen molar-refractivity contribution in [2.45, 2.75) is 12.1 Å². The van der Waals surface area contributed by atoms with Crippen LogP contribution in [0.15, 0.2) is 58.9 Å². The summed E-state index contributed by atoms with van der Waals surface area (Å²) >= 11 is 5.81. The van der Waals surface area contributed by atoms with Gasteiger partial charge in [-0.2, -0.15) is 5.11 Å². The summed E-state index contributed by atoms with van der Waals surface area (Å²) < 4.78 is 0. The van der Waals surface area contributed by atoms with E-state index in [0.29, 0.717) is 10.7 Å². The lowest BCUT2D eigenvalue weighted by molar-refractivity contribution is -0.384. The minimum absolute atomic E-state index is 0.168. The fourth-order valence-electron chi connectivity index (χ4n) is 3.21. The number of nitrogens with one attached hydrogen (secondary N) is 1. The number of hydrogen-bond donors (Lipinski definition) is 1. The summed E-state index contributed by atoms with van der Waals surface area (Å²) in [4.78, 5) is 49.0. The molecule has 2 aromatic rings. The number of nitro groups is 1. The summed E-state index contributed by atoms with van der Waals surface area (Å²) in [7, 11) is 0. The molecule has 2 aromatic carbocycles. The van der Waals surface area contributed by atoms with E-state index in [0.717, 1.165) is 9.91 Å². The monoisotopic (exact) mass is 428 g/mol. The Bertz CT molecular complexity index is 1070. The van der Waals surface area contributed by atoms with Crippen molar-refractivity contribution in [1.82, 2.24) is 5.01 Å². The summed E-state index contributed by atoms with van der Waals surface area (Å²) in [5.74, 6) is -1.67. The SMILES string of the molecule is O=C(CN1N=N[C@H]2C(=O)N(c3ccc([N+](=O)[O-])cc3)C(=O)[C@@H]21)Nc1ccc(Cl)cc1. The van der Waals surface area contributed by atoms with E-state index in [1.54, 1.807) is 24.3 Å². The molecule has 1 saturated heterocycles. The summed E-state index contributed by atoms with van der Waals surface area (Å²) in [5.41, 5.74) is 0.530. The highest BCUT2D eigenvalue weighted by atomic mass is 35.5. The van der Waals surface area contributed by atoms with Gasteiger partial charge in [-0.05, 0) is 36.4 Å². The Hall–Kier alpha value is -3.86. The third-order valence-electron chi connectivity index (χ3n) is 4.61. The smallest absolute Gasteiger partial charge is 0.269 e. The zero-order valence-electron chi connectivity index (χ0n) is 15.1.